The van der Waals surface area contributed by atoms with Gasteiger partial charge >= 0.3 is 0 Å². The van der Waals surface area contributed by atoms with Crippen LogP contribution in [0.5, 0.6) is 0 Å². The second-order valence-electron chi connectivity index (χ2n) is 6.91. The van der Waals surface area contributed by atoms with Crippen LogP contribution < -0.4 is 10.6 Å². The molecule has 2 N–H and O–H groups in total. The second-order valence-corrected chi connectivity index (χ2v) is 6.91. The zero-order valence-electron chi connectivity index (χ0n) is 14.6. The third kappa shape index (κ3) is 3.62. The largest absolute Gasteiger partial charge is 0.350 e. The normalized spacial score (nSPS) is 18.9. The molecule has 140 valence electrons. The lowest BCUT2D eigenvalue weighted by Gasteiger charge is -2.22. The Hall–Kier alpha value is -1.92. The lowest BCUT2D eigenvalue weighted by Crippen LogP contribution is -2.38. The summed E-state index contributed by atoms with van der Waals surface area (Å²) in [6.07, 6.45) is 4.93. The smallest absolute Gasteiger partial charge is 0.272 e. The van der Waals surface area contributed by atoms with E-state index in [4.69, 9.17) is 0 Å². The highest BCUT2D eigenvalue weighted by Gasteiger charge is 2.28. The molecule has 1 unspecified atom stereocenters. The lowest BCUT2D eigenvalue weighted by atomic mass is 10.00. The number of carbonyl (C=O) groups is 1. The van der Waals surface area contributed by atoms with Gasteiger partial charge in [-0.3, -0.25) is 4.79 Å². The fraction of sp³-hybridized carbons (Fsp3) is 0.474. The average molecular weight is 379 g/mol. The van der Waals surface area contributed by atoms with Gasteiger partial charge in [0.25, 0.3) is 5.91 Å². The van der Waals surface area contributed by atoms with Gasteiger partial charge in [0.15, 0.2) is 5.69 Å². The molecule has 26 heavy (non-hydrogen) atoms. The van der Waals surface area contributed by atoms with E-state index in [-0.39, 0.29) is 24.1 Å². The van der Waals surface area contributed by atoms with Crippen molar-refractivity contribution in [3.05, 3.63) is 47.0 Å². The molecule has 2 aliphatic rings. The van der Waals surface area contributed by atoms with Crippen LogP contribution in [-0.4, -0.2) is 35.3 Å². The number of benzene rings is 1. The van der Waals surface area contributed by atoms with E-state index < -0.39 is 0 Å². The summed E-state index contributed by atoms with van der Waals surface area (Å²) in [7, 11) is 0. The van der Waals surface area contributed by atoms with E-state index in [1.54, 1.807) is 22.9 Å². The molecule has 5 nitrogen and oxygen atoms in total. The van der Waals surface area contributed by atoms with Gasteiger partial charge in [-0.25, -0.2) is 9.07 Å². The van der Waals surface area contributed by atoms with Crippen molar-refractivity contribution in [2.45, 2.75) is 32.1 Å². The summed E-state index contributed by atoms with van der Waals surface area (Å²) in [5.74, 6) is 0.0122. The van der Waals surface area contributed by atoms with Crippen LogP contribution in [0.2, 0.25) is 0 Å². The molecule has 1 saturated heterocycles. The number of nitrogens with zero attached hydrogens (tertiary/aromatic N) is 2. The van der Waals surface area contributed by atoms with E-state index in [9.17, 15) is 9.18 Å². The standard InChI is InChI=1S/C19H23FN4O.ClH/c20-15-7-1-2-8-17(15)24-16-9-3-6-14(16)18(23-24)19(25)22-12-13-5-4-10-21-11-13;/h1-2,7-8,13,21H,3-6,9-12H2,(H,22,25);1H. The van der Waals surface area contributed by atoms with Crippen LogP contribution in [0, 0.1) is 11.7 Å². The van der Waals surface area contributed by atoms with E-state index in [1.807, 2.05) is 0 Å². The van der Waals surface area contributed by atoms with Crippen LogP contribution in [0.25, 0.3) is 5.69 Å². The predicted octanol–water partition coefficient (Wildman–Crippen LogP) is 2.65. The molecule has 0 radical (unpaired) electrons. The fourth-order valence-corrected chi connectivity index (χ4v) is 3.86. The summed E-state index contributed by atoms with van der Waals surface area (Å²) in [5, 5.41) is 10.9. The highest BCUT2D eigenvalue weighted by Crippen LogP contribution is 2.28. The summed E-state index contributed by atoms with van der Waals surface area (Å²) in [4.78, 5) is 12.7. The Kier molecular flexibility index (Phi) is 5.94. The highest BCUT2D eigenvalue weighted by molar-refractivity contribution is 5.94. The van der Waals surface area contributed by atoms with Crippen molar-refractivity contribution >= 4 is 18.3 Å². The Morgan fingerprint density at radius 3 is 2.92 bits per heavy atom. The molecule has 1 fully saturated rings. The number of rotatable bonds is 4. The van der Waals surface area contributed by atoms with E-state index >= 15 is 0 Å². The minimum Gasteiger partial charge on any atom is -0.350 e. The van der Waals surface area contributed by atoms with Crippen molar-refractivity contribution in [3.63, 3.8) is 0 Å². The Balaban J connectivity index is 0.00000196. The van der Waals surface area contributed by atoms with Crippen LogP contribution in [0.3, 0.4) is 0 Å². The molecule has 2 heterocycles. The van der Waals surface area contributed by atoms with Crippen LogP contribution in [0.4, 0.5) is 4.39 Å². The number of hydrogen-bond donors (Lipinski definition) is 2. The molecule has 0 spiro atoms. The van der Waals surface area contributed by atoms with Crippen molar-refractivity contribution in [3.8, 4) is 5.69 Å². The highest BCUT2D eigenvalue weighted by atomic mass is 35.5. The fourth-order valence-electron chi connectivity index (χ4n) is 3.86. The van der Waals surface area contributed by atoms with Gasteiger partial charge in [-0.05, 0) is 63.2 Å². The van der Waals surface area contributed by atoms with Gasteiger partial charge < -0.3 is 10.6 Å². The number of amides is 1. The third-order valence-electron chi connectivity index (χ3n) is 5.18. The Labute approximate surface area is 158 Å². The Bertz CT molecular complexity index is 786. The first kappa shape index (κ1) is 18.9. The number of hydrogen-bond acceptors (Lipinski definition) is 3. The van der Waals surface area contributed by atoms with Gasteiger partial charge in [-0.2, -0.15) is 5.10 Å². The second kappa shape index (κ2) is 8.18. The van der Waals surface area contributed by atoms with Gasteiger partial charge in [-0.1, -0.05) is 12.1 Å². The van der Waals surface area contributed by atoms with Gasteiger partial charge in [0.05, 0.1) is 0 Å². The first-order chi connectivity index (χ1) is 12.2. The SMILES string of the molecule is Cl.O=C(NCC1CCCNC1)c1nn(-c2ccccc2F)c2c1CCC2. The summed E-state index contributed by atoms with van der Waals surface area (Å²) in [5.41, 5.74) is 2.81. The van der Waals surface area contributed by atoms with E-state index in [2.05, 4.69) is 15.7 Å². The number of nitrogens with one attached hydrogen (secondary N) is 2. The number of para-hydroxylation sites is 1. The van der Waals surface area contributed by atoms with Crippen molar-refractivity contribution in [2.24, 2.45) is 5.92 Å². The molecular formula is C19H24ClFN4O. The maximum Gasteiger partial charge on any atom is 0.272 e. The molecule has 4 rings (SSSR count). The van der Waals surface area contributed by atoms with Crippen LogP contribution in [0.15, 0.2) is 24.3 Å². The monoisotopic (exact) mass is 378 g/mol. The predicted molar refractivity (Wildman–Crippen MR) is 101 cm³/mol. The zero-order chi connectivity index (χ0) is 17.2. The summed E-state index contributed by atoms with van der Waals surface area (Å²) < 4.78 is 15.8. The van der Waals surface area contributed by atoms with Crippen molar-refractivity contribution in [2.75, 3.05) is 19.6 Å². The van der Waals surface area contributed by atoms with E-state index in [0.717, 1.165) is 56.5 Å². The third-order valence-corrected chi connectivity index (χ3v) is 5.18. The maximum absolute atomic E-state index is 14.2. The number of halogens is 2. The molecule has 1 aliphatic heterocycles. The molecule has 1 amide bonds. The maximum atomic E-state index is 14.2. The number of fused-ring (bicyclic) bond motifs is 1. The van der Waals surface area contributed by atoms with Crippen molar-refractivity contribution < 1.29 is 9.18 Å². The molecule has 1 aromatic carbocycles. The van der Waals surface area contributed by atoms with Crippen molar-refractivity contribution in [1.29, 1.82) is 0 Å². The summed E-state index contributed by atoms with van der Waals surface area (Å²) in [6.45, 7) is 2.67. The number of piperidine rings is 1. The van der Waals surface area contributed by atoms with Gasteiger partial charge in [0, 0.05) is 17.8 Å². The molecule has 1 atom stereocenters. The Morgan fingerprint density at radius 1 is 1.31 bits per heavy atom. The molecule has 0 bridgehead atoms. The summed E-state index contributed by atoms with van der Waals surface area (Å²) >= 11 is 0. The first-order valence-corrected chi connectivity index (χ1v) is 9.08. The molecular weight excluding hydrogens is 355 g/mol. The van der Waals surface area contributed by atoms with Gasteiger partial charge in [0.1, 0.15) is 11.5 Å². The molecule has 0 saturated carbocycles. The Morgan fingerprint density at radius 2 is 2.15 bits per heavy atom. The minimum atomic E-state index is -0.320. The molecule has 2 aromatic rings. The van der Waals surface area contributed by atoms with E-state index in [1.165, 1.54) is 6.07 Å². The summed E-state index contributed by atoms with van der Waals surface area (Å²) in [6, 6.07) is 6.58. The quantitative estimate of drug-likeness (QED) is 0.859. The molecule has 7 heteroatoms. The number of carbonyl (C=O) groups excluding carboxylic acids is 1. The van der Waals surface area contributed by atoms with E-state index in [0.29, 0.717) is 23.8 Å². The lowest BCUT2D eigenvalue weighted by molar-refractivity contribution is 0.0938. The van der Waals surface area contributed by atoms with Crippen LogP contribution >= 0.6 is 12.4 Å². The van der Waals surface area contributed by atoms with Gasteiger partial charge in [-0.15, -0.1) is 12.4 Å². The first-order valence-electron chi connectivity index (χ1n) is 9.08. The zero-order valence-corrected chi connectivity index (χ0v) is 15.4. The molecule has 1 aromatic heterocycles. The van der Waals surface area contributed by atoms with Crippen LogP contribution in [0.1, 0.15) is 41.0 Å². The topological polar surface area (TPSA) is 59.0 Å². The van der Waals surface area contributed by atoms with Crippen LogP contribution in [-0.2, 0) is 12.8 Å². The van der Waals surface area contributed by atoms with Crippen molar-refractivity contribution in [1.82, 2.24) is 20.4 Å². The van der Waals surface area contributed by atoms with Gasteiger partial charge in [0.2, 0.25) is 0 Å². The average Bonchev–Trinajstić information content (AvgIpc) is 3.24. The minimum absolute atomic E-state index is 0. The number of aromatic nitrogens is 2. The molecule has 1 aliphatic carbocycles.